The van der Waals surface area contributed by atoms with Gasteiger partial charge in [0.2, 0.25) is 6.71 Å². The van der Waals surface area contributed by atoms with Crippen LogP contribution in [0.15, 0.2) is 170 Å². The lowest BCUT2D eigenvalue weighted by Gasteiger charge is -2.34. The number of aromatic nitrogens is 2. The van der Waals surface area contributed by atoms with Crippen molar-refractivity contribution in [1.82, 2.24) is 9.13 Å². The number of hydrogen-bond donors (Lipinski definition) is 0. The number of nitriles is 1. The van der Waals surface area contributed by atoms with E-state index < -0.39 is 0 Å². The molecule has 250 valence electrons. The van der Waals surface area contributed by atoms with E-state index in [1.807, 2.05) is 0 Å². The van der Waals surface area contributed by atoms with Gasteiger partial charge in [-0.15, -0.1) is 0 Å². The van der Waals surface area contributed by atoms with Crippen LogP contribution in [-0.4, -0.2) is 15.8 Å². The SMILES string of the molecule is N#Cc1cc2c3c(c1)-c1cccc4c1c(cc1c4c4ccccc4n1-c1ccccc1)B3c1cc3c(c4cccc-2c14)c1ccccc1n3-c1ccccc1. The van der Waals surface area contributed by atoms with Gasteiger partial charge in [0, 0.05) is 32.9 Å². The molecule has 0 saturated heterocycles. The highest BCUT2D eigenvalue weighted by Gasteiger charge is 2.40. The first-order valence-corrected chi connectivity index (χ1v) is 19.0. The summed E-state index contributed by atoms with van der Waals surface area (Å²) in [6.07, 6.45) is 0. The van der Waals surface area contributed by atoms with E-state index in [0.717, 1.165) is 22.5 Å². The Morgan fingerprint density at radius 3 is 1.29 bits per heavy atom. The van der Waals surface area contributed by atoms with Crippen molar-refractivity contribution in [2.24, 2.45) is 0 Å². The van der Waals surface area contributed by atoms with Crippen LogP contribution in [0.4, 0.5) is 0 Å². The van der Waals surface area contributed by atoms with Gasteiger partial charge in [0.05, 0.1) is 33.7 Å². The number of nitrogens with zero attached hydrogens (tertiary/aromatic N) is 3. The number of para-hydroxylation sites is 4. The molecule has 0 fully saturated rings. The van der Waals surface area contributed by atoms with Gasteiger partial charge in [-0.25, -0.2) is 0 Å². The van der Waals surface area contributed by atoms with E-state index in [0.29, 0.717) is 5.56 Å². The van der Waals surface area contributed by atoms with Crippen LogP contribution in [0, 0.1) is 11.3 Å². The number of hydrogen-bond acceptors (Lipinski definition) is 1. The van der Waals surface area contributed by atoms with E-state index in [4.69, 9.17) is 0 Å². The number of rotatable bonds is 2. The minimum absolute atomic E-state index is 0.0502. The molecule has 0 N–H and O–H groups in total. The summed E-state index contributed by atoms with van der Waals surface area (Å²) >= 11 is 0. The highest BCUT2D eigenvalue weighted by molar-refractivity contribution is 7.01. The van der Waals surface area contributed by atoms with Crippen molar-refractivity contribution in [2.75, 3.05) is 0 Å². The predicted octanol–water partition coefficient (Wildman–Crippen LogP) is 10.5. The monoisotopic (exact) mass is 693 g/mol. The van der Waals surface area contributed by atoms with Crippen LogP contribution in [-0.2, 0) is 0 Å². The molecule has 0 radical (unpaired) electrons. The fourth-order valence-electron chi connectivity index (χ4n) is 10.5. The van der Waals surface area contributed by atoms with Gasteiger partial charge >= 0.3 is 0 Å². The molecule has 0 spiro atoms. The van der Waals surface area contributed by atoms with E-state index in [-0.39, 0.29) is 6.71 Å². The third kappa shape index (κ3) is 3.60. The van der Waals surface area contributed by atoms with Crippen LogP contribution in [0.5, 0.6) is 0 Å². The Morgan fingerprint density at radius 1 is 0.382 bits per heavy atom. The van der Waals surface area contributed by atoms with Gasteiger partial charge in [0.1, 0.15) is 0 Å². The first-order chi connectivity index (χ1) is 27.3. The van der Waals surface area contributed by atoms with Crippen molar-refractivity contribution < 1.29 is 0 Å². The molecule has 55 heavy (non-hydrogen) atoms. The molecule has 0 bridgehead atoms. The molecule has 2 aromatic heterocycles. The number of fused-ring (bicyclic) bond motifs is 12. The van der Waals surface area contributed by atoms with Crippen LogP contribution >= 0.6 is 0 Å². The zero-order valence-corrected chi connectivity index (χ0v) is 29.6. The summed E-state index contributed by atoms with van der Waals surface area (Å²) in [5.74, 6) is 0. The second-order valence-electron chi connectivity index (χ2n) is 15.1. The fourth-order valence-corrected chi connectivity index (χ4v) is 10.5. The van der Waals surface area contributed by atoms with Gasteiger partial charge in [-0.3, -0.25) is 0 Å². The zero-order valence-electron chi connectivity index (χ0n) is 29.6. The van der Waals surface area contributed by atoms with Gasteiger partial charge in [-0.2, -0.15) is 5.26 Å². The molecule has 2 aliphatic heterocycles. The Hall–Kier alpha value is -7.35. The van der Waals surface area contributed by atoms with Crippen molar-refractivity contribution in [1.29, 1.82) is 5.26 Å². The minimum Gasteiger partial charge on any atom is -0.309 e. The minimum atomic E-state index is -0.0502. The maximum Gasteiger partial charge on any atom is 0.244 e. The van der Waals surface area contributed by atoms with E-state index in [1.54, 1.807) is 0 Å². The van der Waals surface area contributed by atoms with E-state index >= 15 is 0 Å². The summed E-state index contributed by atoms with van der Waals surface area (Å²) in [6.45, 7) is -0.0502. The molecule has 11 aromatic rings. The Labute approximate surface area is 316 Å². The third-order valence-corrected chi connectivity index (χ3v) is 12.5. The Kier molecular flexibility index (Phi) is 5.52. The quantitative estimate of drug-likeness (QED) is 0.166. The van der Waals surface area contributed by atoms with Crippen molar-refractivity contribution in [3.8, 4) is 39.7 Å². The molecule has 0 atom stereocenters. The summed E-state index contributed by atoms with van der Waals surface area (Å²) in [6, 6.07) is 64.6. The first-order valence-electron chi connectivity index (χ1n) is 19.0. The molecule has 4 heteroatoms. The molecule has 0 unspecified atom stereocenters. The smallest absolute Gasteiger partial charge is 0.244 e. The predicted molar refractivity (Wildman–Crippen MR) is 230 cm³/mol. The standard InChI is InChI=1S/C51H28BN3/c53-29-30-25-39-33-19-11-21-37-47(33)41(27-45-49(37)35-17-7-9-23-43(35)54(45)31-13-3-1-4-14-31)52-42-28-46-50(38-22-12-20-34(48(38)42)40(26-30)51(39)52)36-18-8-10-24-44(36)55(46)32-15-5-2-6-16-32/h1-28H. The average Bonchev–Trinajstić information content (AvgIpc) is 3.76. The Balaban J connectivity index is 1.26. The molecule has 0 saturated carbocycles. The number of benzene rings is 9. The van der Waals surface area contributed by atoms with E-state index in [2.05, 4.69) is 185 Å². The second kappa shape index (κ2) is 10.4. The van der Waals surface area contributed by atoms with Gasteiger partial charge in [0.15, 0.2) is 0 Å². The fraction of sp³-hybridized carbons (Fsp3) is 0. The maximum atomic E-state index is 10.5. The third-order valence-electron chi connectivity index (χ3n) is 12.5. The summed E-state index contributed by atoms with van der Waals surface area (Å²) in [4.78, 5) is 0. The lowest BCUT2D eigenvalue weighted by Crippen LogP contribution is -2.57. The van der Waals surface area contributed by atoms with Crippen LogP contribution in [0.25, 0.3) is 98.8 Å². The van der Waals surface area contributed by atoms with Gasteiger partial charge in [0.25, 0.3) is 0 Å². The van der Waals surface area contributed by atoms with Crippen LogP contribution < -0.4 is 16.4 Å². The molecular weight excluding hydrogens is 665 g/mol. The van der Waals surface area contributed by atoms with Crippen molar-refractivity contribution >= 4 is 88.3 Å². The van der Waals surface area contributed by atoms with Crippen molar-refractivity contribution in [2.45, 2.75) is 0 Å². The average molecular weight is 694 g/mol. The lowest BCUT2D eigenvalue weighted by atomic mass is 9.31. The van der Waals surface area contributed by atoms with Crippen molar-refractivity contribution in [3.05, 3.63) is 175 Å². The van der Waals surface area contributed by atoms with E-state index in [1.165, 1.54) is 92.7 Å². The van der Waals surface area contributed by atoms with Crippen LogP contribution in [0.2, 0.25) is 0 Å². The molecular formula is C51H28BN3. The molecule has 2 aliphatic rings. The Morgan fingerprint density at radius 2 is 0.818 bits per heavy atom. The van der Waals surface area contributed by atoms with Crippen LogP contribution in [0.3, 0.4) is 0 Å². The Bertz CT molecular complexity index is 3320. The van der Waals surface area contributed by atoms with Gasteiger partial charge in [-0.05, 0) is 104 Å². The van der Waals surface area contributed by atoms with Crippen LogP contribution in [0.1, 0.15) is 5.56 Å². The lowest BCUT2D eigenvalue weighted by molar-refractivity contribution is 1.18. The highest BCUT2D eigenvalue weighted by atomic mass is 15.0. The summed E-state index contributed by atoms with van der Waals surface area (Å²) in [7, 11) is 0. The molecule has 3 nitrogen and oxygen atoms in total. The maximum absolute atomic E-state index is 10.5. The van der Waals surface area contributed by atoms with Gasteiger partial charge in [-0.1, -0.05) is 126 Å². The summed E-state index contributed by atoms with van der Waals surface area (Å²) in [5.41, 5.74) is 16.4. The molecule has 9 aromatic carbocycles. The first kappa shape index (κ1) is 29.1. The summed E-state index contributed by atoms with van der Waals surface area (Å²) in [5, 5.41) is 20.6. The highest BCUT2D eigenvalue weighted by Crippen LogP contribution is 2.45. The van der Waals surface area contributed by atoms with E-state index in [9.17, 15) is 5.26 Å². The largest absolute Gasteiger partial charge is 0.309 e. The summed E-state index contributed by atoms with van der Waals surface area (Å²) < 4.78 is 4.90. The zero-order chi connectivity index (χ0) is 35.9. The van der Waals surface area contributed by atoms with Gasteiger partial charge < -0.3 is 9.13 Å². The second-order valence-corrected chi connectivity index (χ2v) is 15.1. The van der Waals surface area contributed by atoms with Crippen molar-refractivity contribution in [3.63, 3.8) is 0 Å². The molecule has 0 aliphatic carbocycles. The molecule has 0 amide bonds. The normalized spacial score (nSPS) is 12.7. The topological polar surface area (TPSA) is 33.6 Å². The molecule has 13 rings (SSSR count). The molecule has 4 heterocycles.